The van der Waals surface area contributed by atoms with E-state index in [2.05, 4.69) is 0 Å². The SMILES string of the molecule is COc1ccc(C(=O)N2CCCC(COc3cccc(C(=O)N4CCCC4)c3)C2)cc1F. The van der Waals surface area contributed by atoms with Gasteiger partial charge < -0.3 is 19.3 Å². The molecule has 170 valence electrons. The minimum absolute atomic E-state index is 0.0501. The zero-order valence-corrected chi connectivity index (χ0v) is 18.4. The van der Waals surface area contributed by atoms with Crippen molar-refractivity contribution in [3.63, 3.8) is 0 Å². The zero-order chi connectivity index (χ0) is 22.5. The van der Waals surface area contributed by atoms with Crippen LogP contribution in [0.15, 0.2) is 42.5 Å². The molecule has 2 amide bonds. The number of nitrogens with zero attached hydrogens (tertiary/aromatic N) is 2. The van der Waals surface area contributed by atoms with Crippen molar-refractivity contribution in [2.45, 2.75) is 25.7 Å². The van der Waals surface area contributed by atoms with Gasteiger partial charge in [0, 0.05) is 43.2 Å². The van der Waals surface area contributed by atoms with Crippen LogP contribution in [0.4, 0.5) is 4.39 Å². The summed E-state index contributed by atoms with van der Waals surface area (Å²) in [6.45, 7) is 3.28. The number of carbonyl (C=O) groups is 2. The lowest BCUT2D eigenvalue weighted by Gasteiger charge is -2.32. The Morgan fingerprint density at radius 2 is 1.69 bits per heavy atom. The Hall–Kier alpha value is -3.09. The van der Waals surface area contributed by atoms with Crippen molar-refractivity contribution in [3.05, 3.63) is 59.4 Å². The summed E-state index contributed by atoms with van der Waals surface area (Å²) in [5.74, 6) is 0.281. The molecule has 0 N–H and O–H groups in total. The second-order valence-electron chi connectivity index (χ2n) is 8.45. The van der Waals surface area contributed by atoms with Gasteiger partial charge in [-0.2, -0.15) is 0 Å². The number of rotatable bonds is 6. The number of likely N-dealkylation sites (tertiary alicyclic amines) is 2. The smallest absolute Gasteiger partial charge is 0.253 e. The summed E-state index contributed by atoms with van der Waals surface area (Å²) in [5, 5.41) is 0. The number of benzene rings is 2. The predicted molar refractivity (Wildman–Crippen MR) is 119 cm³/mol. The Labute approximate surface area is 187 Å². The molecule has 2 aliphatic rings. The van der Waals surface area contributed by atoms with E-state index in [1.807, 2.05) is 23.1 Å². The van der Waals surface area contributed by atoms with Gasteiger partial charge in [-0.1, -0.05) is 6.07 Å². The molecule has 0 aromatic heterocycles. The van der Waals surface area contributed by atoms with Crippen LogP contribution in [0.1, 0.15) is 46.4 Å². The van der Waals surface area contributed by atoms with Gasteiger partial charge in [-0.25, -0.2) is 4.39 Å². The van der Waals surface area contributed by atoms with Gasteiger partial charge >= 0.3 is 0 Å². The lowest BCUT2D eigenvalue weighted by atomic mass is 9.98. The molecule has 4 rings (SSSR count). The van der Waals surface area contributed by atoms with Gasteiger partial charge in [-0.15, -0.1) is 0 Å². The number of piperidine rings is 1. The van der Waals surface area contributed by atoms with Crippen LogP contribution in [0.3, 0.4) is 0 Å². The first-order valence-corrected chi connectivity index (χ1v) is 11.2. The Morgan fingerprint density at radius 1 is 0.969 bits per heavy atom. The minimum atomic E-state index is -0.543. The lowest BCUT2D eigenvalue weighted by Crippen LogP contribution is -2.41. The highest BCUT2D eigenvalue weighted by Crippen LogP contribution is 2.24. The average molecular weight is 441 g/mol. The van der Waals surface area contributed by atoms with Crippen LogP contribution in [0.2, 0.25) is 0 Å². The van der Waals surface area contributed by atoms with E-state index in [1.165, 1.54) is 19.2 Å². The monoisotopic (exact) mass is 440 g/mol. The van der Waals surface area contributed by atoms with E-state index >= 15 is 0 Å². The van der Waals surface area contributed by atoms with Crippen molar-refractivity contribution >= 4 is 11.8 Å². The summed E-state index contributed by atoms with van der Waals surface area (Å²) in [7, 11) is 1.40. The summed E-state index contributed by atoms with van der Waals surface area (Å²) in [4.78, 5) is 29.1. The molecule has 7 heteroatoms. The van der Waals surface area contributed by atoms with E-state index in [-0.39, 0.29) is 23.5 Å². The molecule has 0 radical (unpaired) electrons. The van der Waals surface area contributed by atoms with Crippen molar-refractivity contribution < 1.29 is 23.5 Å². The normalized spacial score (nSPS) is 18.5. The highest BCUT2D eigenvalue weighted by atomic mass is 19.1. The number of carbonyl (C=O) groups excluding carboxylic acids is 2. The number of methoxy groups -OCH3 is 1. The van der Waals surface area contributed by atoms with E-state index in [0.717, 1.165) is 38.8 Å². The number of hydrogen-bond acceptors (Lipinski definition) is 4. The Kier molecular flexibility index (Phi) is 6.93. The van der Waals surface area contributed by atoms with Crippen LogP contribution in [-0.4, -0.2) is 61.5 Å². The molecular formula is C25H29FN2O4. The fourth-order valence-electron chi connectivity index (χ4n) is 4.40. The van der Waals surface area contributed by atoms with Crippen LogP contribution in [0.25, 0.3) is 0 Å². The van der Waals surface area contributed by atoms with Crippen LogP contribution >= 0.6 is 0 Å². The first-order chi connectivity index (χ1) is 15.5. The molecule has 1 atom stereocenters. The largest absolute Gasteiger partial charge is 0.494 e. The van der Waals surface area contributed by atoms with Crippen molar-refractivity contribution in [1.82, 2.24) is 9.80 Å². The quantitative estimate of drug-likeness (QED) is 0.681. The van der Waals surface area contributed by atoms with Gasteiger partial charge in [-0.05, 0) is 62.1 Å². The molecule has 2 aliphatic heterocycles. The standard InChI is InChI=1S/C25H29FN2O4/c1-31-23-10-9-20(15-22(23)26)25(30)28-13-5-6-18(16-28)17-32-21-8-4-7-19(14-21)24(29)27-11-2-3-12-27/h4,7-10,14-15,18H,2-3,5-6,11-13,16-17H2,1H3. The first-order valence-electron chi connectivity index (χ1n) is 11.2. The third-order valence-corrected chi connectivity index (χ3v) is 6.16. The van der Waals surface area contributed by atoms with Crippen molar-refractivity contribution in [2.24, 2.45) is 5.92 Å². The molecule has 32 heavy (non-hydrogen) atoms. The first kappa shape index (κ1) is 22.1. The van der Waals surface area contributed by atoms with Gasteiger partial charge in [0.05, 0.1) is 13.7 Å². The predicted octanol–water partition coefficient (Wildman–Crippen LogP) is 4.00. The van der Waals surface area contributed by atoms with E-state index in [0.29, 0.717) is 36.6 Å². The molecule has 0 spiro atoms. The highest BCUT2D eigenvalue weighted by molar-refractivity contribution is 5.95. The molecular weight excluding hydrogens is 411 g/mol. The summed E-state index contributed by atoms with van der Waals surface area (Å²) >= 11 is 0. The van der Waals surface area contributed by atoms with Gasteiger partial charge in [0.25, 0.3) is 11.8 Å². The van der Waals surface area contributed by atoms with Crippen molar-refractivity contribution in [2.75, 3.05) is 39.9 Å². The maximum absolute atomic E-state index is 14.0. The van der Waals surface area contributed by atoms with Crippen LogP contribution in [0.5, 0.6) is 11.5 Å². The average Bonchev–Trinajstić information content (AvgIpc) is 3.37. The molecule has 2 aromatic rings. The molecule has 0 aliphatic carbocycles. The number of ether oxygens (including phenoxy) is 2. The number of halogens is 1. The van der Waals surface area contributed by atoms with E-state index in [1.54, 1.807) is 17.0 Å². The van der Waals surface area contributed by atoms with Crippen LogP contribution < -0.4 is 9.47 Å². The molecule has 2 saturated heterocycles. The maximum Gasteiger partial charge on any atom is 0.253 e. The van der Waals surface area contributed by atoms with Crippen LogP contribution in [0, 0.1) is 11.7 Å². The van der Waals surface area contributed by atoms with Crippen molar-refractivity contribution in [1.29, 1.82) is 0 Å². The molecule has 2 heterocycles. The molecule has 0 bridgehead atoms. The highest BCUT2D eigenvalue weighted by Gasteiger charge is 2.26. The molecule has 0 saturated carbocycles. The van der Waals surface area contributed by atoms with Gasteiger partial charge in [0.15, 0.2) is 11.6 Å². The van der Waals surface area contributed by atoms with E-state index in [4.69, 9.17) is 9.47 Å². The third-order valence-electron chi connectivity index (χ3n) is 6.16. The summed E-state index contributed by atoms with van der Waals surface area (Å²) in [6, 6.07) is 11.6. The topological polar surface area (TPSA) is 59.1 Å². The molecule has 6 nitrogen and oxygen atoms in total. The zero-order valence-electron chi connectivity index (χ0n) is 18.4. The van der Waals surface area contributed by atoms with Crippen molar-refractivity contribution in [3.8, 4) is 11.5 Å². The fourth-order valence-corrected chi connectivity index (χ4v) is 4.40. The lowest BCUT2D eigenvalue weighted by molar-refractivity contribution is 0.0632. The number of hydrogen-bond donors (Lipinski definition) is 0. The Bertz CT molecular complexity index is 974. The summed E-state index contributed by atoms with van der Waals surface area (Å²) in [5.41, 5.74) is 0.962. The second-order valence-corrected chi connectivity index (χ2v) is 8.45. The van der Waals surface area contributed by atoms with E-state index in [9.17, 15) is 14.0 Å². The molecule has 1 unspecified atom stereocenters. The van der Waals surface area contributed by atoms with Crippen LogP contribution in [-0.2, 0) is 0 Å². The Balaban J connectivity index is 1.34. The Morgan fingerprint density at radius 3 is 2.44 bits per heavy atom. The third kappa shape index (κ3) is 5.03. The second kappa shape index (κ2) is 10.0. The summed E-state index contributed by atoms with van der Waals surface area (Å²) < 4.78 is 24.9. The minimum Gasteiger partial charge on any atom is -0.494 e. The van der Waals surface area contributed by atoms with E-state index < -0.39 is 5.82 Å². The number of amides is 2. The molecule has 2 aromatic carbocycles. The van der Waals surface area contributed by atoms with Gasteiger partial charge in [-0.3, -0.25) is 9.59 Å². The fraction of sp³-hybridized carbons (Fsp3) is 0.440. The summed E-state index contributed by atoms with van der Waals surface area (Å²) in [6.07, 6.45) is 3.93. The molecule has 2 fully saturated rings. The van der Waals surface area contributed by atoms with Gasteiger partial charge in [0.2, 0.25) is 0 Å². The van der Waals surface area contributed by atoms with Gasteiger partial charge in [0.1, 0.15) is 5.75 Å². The maximum atomic E-state index is 14.0.